The minimum Gasteiger partial charge on any atom is -0.456 e. The van der Waals surface area contributed by atoms with Crippen molar-refractivity contribution in [3.8, 4) is 22.3 Å². The molecule has 0 spiro atoms. The summed E-state index contributed by atoms with van der Waals surface area (Å²) in [5.41, 5.74) is 15.7. The van der Waals surface area contributed by atoms with Crippen LogP contribution in [0.4, 0.5) is 17.1 Å². The van der Waals surface area contributed by atoms with Crippen LogP contribution in [0, 0.1) is 0 Å². The smallest absolute Gasteiger partial charge is 0.143 e. The number of nitrogens with zero attached hydrogens (tertiary/aromatic N) is 1. The Morgan fingerprint density at radius 2 is 0.909 bits per heavy atom. The van der Waals surface area contributed by atoms with E-state index in [1.807, 2.05) is 18.2 Å². The molecule has 0 radical (unpaired) electrons. The third kappa shape index (κ3) is 4.34. The third-order valence-corrected chi connectivity index (χ3v) is 11.9. The summed E-state index contributed by atoms with van der Waals surface area (Å²) in [5.74, 6) is 0. The summed E-state index contributed by atoms with van der Waals surface area (Å²) in [6, 6.07) is 58.1. The summed E-state index contributed by atoms with van der Waals surface area (Å²) in [7, 11) is 0. The van der Waals surface area contributed by atoms with Crippen LogP contribution < -0.4 is 4.90 Å². The number of hydrogen-bond donors (Lipinski definition) is 0. The summed E-state index contributed by atoms with van der Waals surface area (Å²) in [5, 5.41) is 6.37. The lowest BCUT2D eigenvalue weighted by molar-refractivity contribution is 0.660. The van der Waals surface area contributed by atoms with Crippen LogP contribution in [0.3, 0.4) is 0 Å². The zero-order chi connectivity index (χ0) is 36.4. The molecule has 0 saturated heterocycles. The van der Waals surface area contributed by atoms with E-state index in [1.54, 1.807) is 0 Å². The first-order chi connectivity index (χ1) is 27.0. The predicted molar refractivity (Wildman–Crippen MR) is 226 cm³/mol. The quantitative estimate of drug-likeness (QED) is 0.183. The Morgan fingerprint density at radius 3 is 1.73 bits per heavy atom. The van der Waals surface area contributed by atoms with Crippen LogP contribution in [0.2, 0.25) is 0 Å². The van der Waals surface area contributed by atoms with Gasteiger partial charge in [-0.05, 0) is 94.5 Å². The third-order valence-electron chi connectivity index (χ3n) is 11.9. The van der Waals surface area contributed by atoms with E-state index >= 15 is 0 Å². The van der Waals surface area contributed by atoms with Gasteiger partial charge in [0.2, 0.25) is 0 Å². The van der Waals surface area contributed by atoms with Crippen LogP contribution in [0.15, 0.2) is 177 Å². The van der Waals surface area contributed by atoms with Crippen molar-refractivity contribution in [2.24, 2.45) is 0 Å². The molecule has 0 unspecified atom stereocenters. The molecule has 0 fully saturated rings. The molecular weight excluding hydrogens is 675 g/mol. The highest BCUT2D eigenvalue weighted by Crippen LogP contribution is 2.51. The second-order valence-electron chi connectivity index (χ2n) is 15.3. The first-order valence-corrected chi connectivity index (χ1v) is 18.8. The van der Waals surface area contributed by atoms with E-state index in [1.165, 1.54) is 22.3 Å². The maximum atomic E-state index is 6.68. The molecule has 55 heavy (non-hydrogen) atoms. The second kappa shape index (κ2) is 11.0. The number of rotatable bonds is 4. The molecule has 4 nitrogen and oxygen atoms in total. The van der Waals surface area contributed by atoms with Gasteiger partial charge in [-0.3, -0.25) is 0 Å². The molecule has 1 aliphatic rings. The molecule has 0 aliphatic heterocycles. The van der Waals surface area contributed by atoms with Gasteiger partial charge in [0.15, 0.2) is 0 Å². The summed E-state index contributed by atoms with van der Waals surface area (Å²) < 4.78 is 19.5. The van der Waals surface area contributed by atoms with E-state index in [2.05, 4.69) is 164 Å². The van der Waals surface area contributed by atoms with E-state index < -0.39 is 0 Å². The van der Waals surface area contributed by atoms with Gasteiger partial charge in [0.05, 0.1) is 0 Å². The van der Waals surface area contributed by atoms with Crippen LogP contribution in [0.25, 0.3) is 88.1 Å². The van der Waals surface area contributed by atoms with Crippen molar-refractivity contribution >= 4 is 82.9 Å². The number of anilines is 3. The van der Waals surface area contributed by atoms with Gasteiger partial charge in [-0.25, -0.2) is 0 Å². The fourth-order valence-electron chi connectivity index (χ4n) is 9.17. The fourth-order valence-corrected chi connectivity index (χ4v) is 9.17. The molecule has 260 valence electrons. The first-order valence-electron chi connectivity index (χ1n) is 18.8. The fraction of sp³-hybridized carbons (Fsp3) is 0.0588. The van der Waals surface area contributed by atoms with E-state index in [4.69, 9.17) is 13.3 Å². The predicted octanol–water partition coefficient (Wildman–Crippen LogP) is 14.8. The molecule has 3 aromatic heterocycles. The SMILES string of the molecule is CC1(C)c2ccccc2-c2ccc(N(c3ccc4oc5ccccc5c4c3)c3ccc4oc5cc6c(cc5c4c3)oc3c(-c4ccccc4)cccc36)cc21. The van der Waals surface area contributed by atoms with Crippen LogP contribution in [0.5, 0.6) is 0 Å². The first kappa shape index (κ1) is 30.4. The zero-order valence-electron chi connectivity index (χ0n) is 30.3. The Labute approximate surface area is 316 Å². The highest BCUT2D eigenvalue weighted by molar-refractivity contribution is 6.17. The molecule has 3 heterocycles. The molecule has 1 aliphatic carbocycles. The Balaban J connectivity index is 1.07. The van der Waals surface area contributed by atoms with Gasteiger partial charge in [0, 0.05) is 60.4 Å². The minimum atomic E-state index is -0.138. The summed E-state index contributed by atoms with van der Waals surface area (Å²) >= 11 is 0. The maximum Gasteiger partial charge on any atom is 0.143 e. The van der Waals surface area contributed by atoms with Crippen LogP contribution in [-0.4, -0.2) is 0 Å². The van der Waals surface area contributed by atoms with Gasteiger partial charge in [0.25, 0.3) is 0 Å². The van der Waals surface area contributed by atoms with Crippen molar-refractivity contribution in [1.29, 1.82) is 0 Å². The molecule has 0 saturated carbocycles. The number of para-hydroxylation sites is 2. The molecule has 12 rings (SSSR count). The lowest BCUT2D eigenvalue weighted by Crippen LogP contribution is -2.16. The van der Waals surface area contributed by atoms with Crippen LogP contribution >= 0.6 is 0 Å². The van der Waals surface area contributed by atoms with Crippen molar-refractivity contribution in [2.45, 2.75) is 19.3 Å². The van der Waals surface area contributed by atoms with E-state index in [-0.39, 0.29) is 5.41 Å². The molecule has 4 heteroatoms. The van der Waals surface area contributed by atoms with Gasteiger partial charge in [-0.1, -0.05) is 111 Å². The molecular formula is C51H33NO3. The van der Waals surface area contributed by atoms with Crippen molar-refractivity contribution in [2.75, 3.05) is 4.90 Å². The molecule has 11 aromatic rings. The van der Waals surface area contributed by atoms with Gasteiger partial charge < -0.3 is 18.2 Å². The van der Waals surface area contributed by atoms with Gasteiger partial charge in [0.1, 0.15) is 33.5 Å². The Hall–Kier alpha value is -7.04. The monoisotopic (exact) mass is 707 g/mol. The molecule has 8 aromatic carbocycles. The second-order valence-corrected chi connectivity index (χ2v) is 15.3. The summed E-state index contributed by atoms with van der Waals surface area (Å²) in [6.45, 7) is 4.67. The largest absolute Gasteiger partial charge is 0.456 e. The van der Waals surface area contributed by atoms with Gasteiger partial charge in [-0.15, -0.1) is 0 Å². The summed E-state index contributed by atoms with van der Waals surface area (Å²) in [4.78, 5) is 2.37. The number of fused-ring (bicyclic) bond motifs is 12. The Bertz CT molecular complexity index is 3360. The highest BCUT2D eigenvalue weighted by Gasteiger charge is 2.36. The number of hydrogen-bond acceptors (Lipinski definition) is 4. The Kier molecular flexibility index (Phi) is 6.09. The van der Waals surface area contributed by atoms with Crippen molar-refractivity contribution < 1.29 is 13.3 Å². The lowest BCUT2D eigenvalue weighted by Gasteiger charge is -2.28. The van der Waals surface area contributed by atoms with Crippen LogP contribution in [0.1, 0.15) is 25.0 Å². The molecule has 0 amide bonds. The lowest BCUT2D eigenvalue weighted by atomic mass is 9.82. The standard InChI is InChI=1S/C51H33NO3/c1-51(2)43-17-8-6-13-35(43)36-22-19-33(27-44(36)51)52(31-20-23-46-39(25-31)37-14-7-9-18-45(37)53-46)32-21-24-47-40(26-32)42-29-49-41(28-48(42)54-47)38-16-10-15-34(50(38)55-49)30-11-4-3-5-12-30/h3-29H,1-2H3. The Morgan fingerprint density at radius 1 is 0.364 bits per heavy atom. The van der Waals surface area contributed by atoms with Gasteiger partial charge >= 0.3 is 0 Å². The zero-order valence-corrected chi connectivity index (χ0v) is 30.3. The minimum absolute atomic E-state index is 0.138. The van der Waals surface area contributed by atoms with E-state index in [0.29, 0.717) is 0 Å². The molecule has 0 atom stereocenters. The van der Waals surface area contributed by atoms with Crippen molar-refractivity contribution in [3.05, 3.63) is 175 Å². The van der Waals surface area contributed by atoms with Crippen LogP contribution in [-0.2, 0) is 5.41 Å². The number of benzene rings is 8. The molecule has 0 N–H and O–H groups in total. The normalized spacial score (nSPS) is 13.4. The van der Waals surface area contributed by atoms with E-state index in [9.17, 15) is 0 Å². The van der Waals surface area contributed by atoms with Gasteiger partial charge in [-0.2, -0.15) is 0 Å². The number of furan rings is 3. The molecule has 0 bridgehead atoms. The maximum absolute atomic E-state index is 6.68. The summed E-state index contributed by atoms with van der Waals surface area (Å²) in [6.07, 6.45) is 0. The highest BCUT2D eigenvalue weighted by atomic mass is 16.3. The van der Waals surface area contributed by atoms with E-state index in [0.717, 1.165) is 94.0 Å². The van der Waals surface area contributed by atoms with Crippen molar-refractivity contribution in [3.63, 3.8) is 0 Å². The average Bonchev–Trinajstić information content (AvgIpc) is 3.95. The van der Waals surface area contributed by atoms with Crippen molar-refractivity contribution in [1.82, 2.24) is 0 Å². The average molecular weight is 708 g/mol. The topological polar surface area (TPSA) is 42.7 Å².